The monoisotopic (exact) mass is 457 g/mol. The minimum Gasteiger partial charge on any atom is -0.385 e. The first-order valence-corrected chi connectivity index (χ1v) is 15.5. The van der Waals surface area contributed by atoms with Gasteiger partial charge < -0.3 is 20.4 Å². The summed E-state index contributed by atoms with van der Waals surface area (Å²) in [6.45, 7) is -2.56. The van der Waals surface area contributed by atoms with Crippen LogP contribution in [-0.4, -0.2) is 56.1 Å². The van der Waals surface area contributed by atoms with Crippen LogP contribution in [0.5, 0.6) is 0 Å². The van der Waals surface area contributed by atoms with Gasteiger partial charge in [0.05, 0.1) is 0 Å². The molecule has 1 aliphatic rings. The van der Waals surface area contributed by atoms with Gasteiger partial charge in [0.2, 0.25) is 0 Å². The number of hydrogen-bond acceptors (Lipinski definition) is 6. The molecule has 0 amide bonds. The second-order valence-electron chi connectivity index (χ2n) is 7.02. The van der Waals surface area contributed by atoms with Gasteiger partial charge in [0.25, 0.3) is 0 Å². The van der Waals surface area contributed by atoms with Crippen LogP contribution in [0.3, 0.4) is 0 Å². The second kappa shape index (κ2) is 10.2. The number of aliphatic hydroxyl groups excluding tert-OH is 4. The van der Waals surface area contributed by atoms with Gasteiger partial charge >= 0.3 is 0 Å². The van der Waals surface area contributed by atoms with Gasteiger partial charge in [-0.25, -0.2) is 0 Å². The van der Waals surface area contributed by atoms with Gasteiger partial charge in [0.1, 0.15) is 23.4 Å². The molecule has 4 atom stereocenters. The molecule has 0 spiro atoms. The Balaban J connectivity index is 1.73. The second-order valence-corrected chi connectivity index (χ2v) is 16.9. The first-order valence-electron chi connectivity index (χ1n) is 9.26. The van der Waals surface area contributed by atoms with Crippen molar-refractivity contribution in [2.45, 2.75) is 36.2 Å². The van der Waals surface area contributed by atoms with Crippen molar-refractivity contribution in [3.63, 3.8) is 0 Å². The van der Waals surface area contributed by atoms with Crippen molar-refractivity contribution in [1.82, 2.24) is 0 Å². The van der Waals surface area contributed by atoms with E-state index in [0.29, 0.717) is 25.2 Å². The standard InChI is InChI=1S/C20H27O4P2S2/c21-17-19(23)26(28-27,14-12-16-9-5-2-6-10-16)20(24)18(22)25(17)13-11-15-7-3-1-4-8-15/h1-10,17-24,27H,11-14H2. The maximum absolute atomic E-state index is 11.0. The molecule has 3 rings (SSSR count). The average Bonchev–Trinajstić information content (AvgIpc) is 2.74. The van der Waals surface area contributed by atoms with Crippen LogP contribution < -0.4 is 0 Å². The Hall–Kier alpha value is -0.160. The van der Waals surface area contributed by atoms with Gasteiger partial charge in [-0.05, 0) is 50.7 Å². The first-order chi connectivity index (χ1) is 13.5. The molecule has 0 saturated carbocycles. The highest BCUT2D eigenvalue weighted by Gasteiger charge is 2.56. The predicted molar refractivity (Wildman–Crippen MR) is 124 cm³/mol. The summed E-state index contributed by atoms with van der Waals surface area (Å²) < 4.78 is 0. The zero-order valence-electron chi connectivity index (χ0n) is 15.5. The third-order valence-corrected chi connectivity index (χ3v) is 17.6. The van der Waals surface area contributed by atoms with Gasteiger partial charge in [-0.1, -0.05) is 71.1 Å². The summed E-state index contributed by atoms with van der Waals surface area (Å²) >= 11 is 4.37. The fraction of sp³-hybridized carbons (Fsp3) is 0.400. The molecule has 0 bridgehead atoms. The topological polar surface area (TPSA) is 80.9 Å². The SMILES string of the molecule is OC1C(O)[P](CCc2ccccc2)(SS)C(O)C(O)P1CCc1ccccc1. The molecule has 4 N–H and O–H groups in total. The Morgan fingerprint density at radius 2 is 1.25 bits per heavy atom. The van der Waals surface area contributed by atoms with Gasteiger partial charge in [0.15, 0.2) is 0 Å². The van der Waals surface area contributed by atoms with Crippen LogP contribution in [-0.2, 0) is 12.8 Å². The van der Waals surface area contributed by atoms with Crippen molar-refractivity contribution in [2.75, 3.05) is 12.3 Å². The van der Waals surface area contributed by atoms with E-state index in [2.05, 4.69) is 11.7 Å². The van der Waals surface area contributed by atoms with Crippen LogP contribution in [0.4, 0.5) is 0 Å². The molecule has 1 aliphatic heterocycles. The summed E-state index contributed by atoms with van der Waals surface area (Å²) in [5.74, 6) is -4.11. The third kappa shape index (κ3) is 4.77. The summed E-state index contributed by atoms with van der Waals surface area (Å²) in [6, 6.07) is 19.7. The van der Waals surface area contributed by atoms with Crippen LogP contribution in [0.2, 0.25) is 0 Å². The number of hydrogen-bond donors (Lipinski definition) is 5. The zero-order valence-corrected chi connectivity index (χ0v) is 18.9. The average molecular weight is 458 g/mol. The normalized spacial score (nSPS) is 33.0. The first kappa shape index (κ1) is 22.5. The lowest BCUT2D eigenvalue weighted by molar-refractivity contribution is 0.0770. The fourth-order valence-corrected chi connectivity index (χ4v) is 15.6. The molecule has 1 fully saturated rings. The Morgan fingerprint density at radius 3 is 1.71 bits per heavy atom. The summed E-state index contributed by atoms with van der Waals surface area (Å²) in [4.78, 5) is 0. The predicted octanol–water partition coefficient (Wildman–Crippen LogP) is 3.75. The molecule has 1 heterocycles. The molecule has 1 radical (unpaired) electrons. The van der Waals surface area contributed by atoms with Gasteiger partial charge in [-0.2, -0.15) is 0 Å². The van der Waals surface area contributed by atoms with E-state index in [1.54, 1.807) is 0 Å². The summed E-state index contributed by atoms with van der Waals surface area (Å²) in [6.07, 6.45) is 2.44. The molecule has 28 heavy (non-hydrogen) atoms. The molecule has 0 aromatic heterocycles. The van der Waals surface area contributed by atoms with E-state index >= 15 is 0 Å². The molecule has 0 aliphatic carbocycles. The van der Waals surface area contributed by atoms with Crippen LogP contribution in [0.1, 0.15) is 11.1 Å². The Morgan fingerprint density at radius 1 is 0.786 bits per heavy atom. The molecule has 8 heteroatoms. The minimum atomic E-state index is -2.56. The lowest BCUT2D eigenvalue weighted by atomic mass is 10.2. The summed E-state index contributed by atoms with van der Waals surface area (Å²) in [7, 11) is -0.186. The summed E-state index contributed by atoms with van der Waals surface area (Å²) in [5, 5.41) is 43.7. The van der Waals surface area contributed by atoms with Crippen LogP contribution in [0.25, 0.3) is 0 Å². The van der Waals surface area contributed by atoms with Gasteiger partial charge in [0, 0.05) is 0 Å². The lowest BCUT2D eigenvalue weighted by Gasteiger charge is -2.52. The zero-order chi connectivity index (χ0) is 20.1. The fourth-order valence-electron chi connectivity index (χ4n) is 3.62. The largest absolute Gasteiger partial charge is 0.385 e. The minimum absolute atomic E-state index is 0.517. The van der Waals surface area contributed by atoms with Crippen LogP contribution >= 0.6 is 36.5 Å². The van der Waals surface area contributed by atoms with Crippen molar-refractivity contribution in [1.29, 1.82) is 0 Å². The van der Waals surface area contributed by atoms with Crippen molar-refractivity contribution in [3.05, 3.63) is 71.8 Å². The van der Waals surface area contributed by atoms with Crippen molar-refractivity contribution in [3.8, 4) is 0 Å². The Labute approximate surface area is 177 Å². The molecule has 1 saturated heterocycles. The number of aryl methyl sites for hydroxylation is 2. The van der Waals surface area contributed by atoms with E-state index in [1.165, 1.54) is 0 Å². The van der Waals surface area contributed by atoms with E-state index in [1.807, 2.05) is 60.7 Å². The van der Waals surface area contributed by atoms with Gasteiger partial charge in [-0.15, -0.1) is 11.7 Å². The van der Waals surface area contributed by atoms with Crippen molar-refractivity contribution in [2.24, 2.45) is 0 Å². The maximum atomic E-state index is 11.0. The summed E-state index contributed by atoms with van der Waals surface area (Å²) in [5.41, 5.74) is 2.22. The molecule has 4 nitrogen and oxygen atoms in total. The Bertz CT molecular complexity index is 722. The molecular weight excluding hydrogens is 430 g/mol. The highest BCUT2D eigenvalue weighted by atomic mass is 33.3. The number of benzene rings is 2. The van der Waals surface area contributed by atoms with E-state index in [0.717, 1.165) is 21.5 Å². The highest BCUT2D eigenvalue weighted by molar-refractivity contribution is 8.97. The smallest absolute Gasteiger partial charge is 0.111 e. The maximum Gasteiger partial charge on any atom is 0.111 e. The van der Waals surface area contributed by atoms with E-state index in [9.17, 15) is 20.4 Å². The van der Waals surface area contributed by atoms with Gasteiger partial charge in [-0.3, -0.25) is 0 Å². The molecule has 153 valence electrons. The molecule has 2 aromatic carbocycles. The number of aliphatic hydroxyl groups is 4. The van der Waals surface area contributed by atoms with Crippen LogP contribution in [0.15, 0.2) is 60.7 Å². The highest BCUT2D eigenvalue weighted by Crippen LogP contribution is 2.83. The lowest BCUT2D eigenvalue weighted by Crippen LogP contribution is -2.45. The molecule has 4 unspecified atom stereocenters. The molecule has 2 aromatic rings. The van der Waals surface area contributed by atoms with Crippen molar-refractivity contribution < 1.29 is 20.4 Å². The Kier molecular flexibility index (Phi) is 8.23. The van der Waals surface area contributed by atoms with E-state index in [-0.39, 0.29) is 0 Å². The number of thiol groups is 1. The molecular formula is C20H27O4P2S2. The third-order valence-electron chi connectivity index (χ3n) is 5.35. The number of rotatable bonds is 7. The van der Waals surface area contributed by atoms with Crippen molar-refractivity contribution >= 4 is 36.5 Å². The van der Waals surface area contributed by atoms with E-state index in [4.69, 9.17) is 0 Å². The quantitative estimate of drug-likeness (QED) is 0.249. The van der Waals surface area contributed by atoms with E-state index < -0.39 is 37.8 Å². The van der Waals surface area contributed by atoms with Crippen LogP contribution in [0, 0.1) is 0 Å².